The molecule has 0 fully saturated rings. The van der Waals surface area contributed by atoms with Gasteiger partial charge in [0.25, 0.3) is 0 Å². The summed E-state index contributed by atoms with van der Waals surface area (Å²) in [6.07, 6.45) is 1.72. The Morgan fingerprint density at radius 1 is 1.26 bits per heavy atom. The number of nitrogens with zero attached hydrogens (tertiary/aromatic N) is 2. The largest absolute Gasteiger partial charge is 0.392 e. The topological polar surface area (TPSA) is 67.2 Å². The van der Waals surface area contributed by atoms with Crippen LogP contribution < -0.4 is 5.32 Å². The Morgan fingerprint density at radius 2 is 2.09 bits per heavy atom. The van der Waals surface area contributed by atoms with Crippen molar-refractivity contribution in [3.63, 3.8) is 0 Å². The van der Waals surface area contributed by atoms with E-state index in [2.05, 4.69) is 10.4 Å². The molecule has 23 heavy (non-hydrogen) atoms. The summed E-state index contributed by atoms with van der Waals surface area (Å²) in [5, 5.41) is 17.0. The number of aliphatic hydroxyl groups is 1. The molecule has 0 aliphatic carbocycles. The highest BCUT2D eigenvalue weighted by atomic mass is 19.1. The number of nitrogens with one attached hydrogen (secondary N) is 1. The van der Waals surface area contributed by atoms with Crippen molar-refractivity contribution in [2.45, 2.75) is 19.7 Å². The molecule has 118 valence electrons. The summed E-state index contributed by atoms with van der Waals surface area (Å²) in [7, 11) is 0. The van der Waals surface area contributed by atoms with Gasteiger partial charge in [-0.1, -0.05) is 24.3 Å². The van der Waals surface area contributed by atoms with Gasteiger partial charge in [-0.15, -0.1) is 0 Å². The lowest BCUT2D eigenvalue weighted by molar-refractivity contribution is -0.121. The highest BCUT2D eigenvalue weighted by Crippen LogP contribution is 2.13. The summed E-state index contributed by atoms with van der Waals surface area (Å²) >= 11 is 0. The lowest BCUT2D eigenvalue weighted by Gasteiger charge is -2.08. The normalized spacial score (nSPS) is 10.9. The fraction of sp³-hybridized carbons (Fsp3) is 0.176. The summed E-state index contributed by atoms with van der Waals surface area (Å²) in [4.78, 5) is 12.1. The lowest BCUT2D eigenvalue weighted by Crippen LogP contribution is -2.27. The number of benzene rings is 2. The Labute approximate surface area is 132 Å². The first-order valence-corrected chi connectivity index (χ1v) is 7.23. The summed E-state index contributed by atoms with van der Waals surface area (Å²) in [5.74, 6) is -0.640. The van der Waals surface area contributed by atoms with Crippen LogP contribution in [-0.4, -0.2) is 20.8 Å². The summed E-state index contributed by atoms with van der Waals surface area (Å²) in [6.45, 7) is 0.0137. The molecule has 0 spiro atoms. The van der Waals surface area contributed by atoms with Crippen molar-refractivity contribution < 1.29 is 14.3 Å². The van der Waals surface area contributed by atoms with Crippen LogP contribution in [0, 0.1) is 5.82 Å². The van der Waals surface area contributed by atoms with Crippen molar-refractivity contribution in [3.8, 4) is 0 Å². The first-order valence-electron chi connectivity index (χ1n) is 7.23. The molecule has 0 saturated heterocycles. The van der Waals surface area contributed by atoms with Crippen LogP contribution in [0.15, 0.2) is 48.7 Å². The highest BCUT2D eigenvalue weighted by molar-refractivity contribution is 5.81. The fourth-order valence-corrected chi connectivity index (χ4v) is 2.40. The average Bonchev–Trinajstić information content (AvgIpc) is 2.97. The number of hydrogen-bond donors (Lipinski definition) is 2. The third-order valence-electron chi connectivity index (χ3n) is 3.61. The van der Waals surface area contributed by atoms with Crippen LogP contribution >= 0.6 is 0 Å². The van der Waals surface area contributed by atoms with Crippen LogP contribution in [-0.2, 0) is 24.5 Å². The number of aliphatic hydroxyl groups excluding tert-OH is 1. The zero-order valence-corrected chi connectivity index (χ0v) is 12.4. The van der Waals surface area contributed by atoms with Crippen LogP contribution in [0.1, 0.15) is 11.1 Å². The molecule has 0 atom stereocenters. The molecule has 0 radical (unpaired) electrons. The van der Waals surface area contributed by atoms with Gasteiger partial charge in [-0.25, -0.2) is 4.39 Å². The fourth-order valence-electron chi connectivity index (χ4n) is 2.40. The van der Waals surface area contributed by atoms with Crippen molar-refractivity contribution in [3.05, 3.63) is 65.6 Å². The van der Waals surface area contributed by atoms with Crippen LogP contribution in [0.3, 0.4) is 0 Å². The minimum Gasteiger partial charge on any atom is -0.392 e. The van der Waals surface area contributed by atoms with E-state index in [1.807, 2.05) is 24.3 Å². The third kappa shape index (κ3) is 3.37. The van der Waals surface area contributed by atoms with Gasteiger partial charge in [0, 0.05) is 17.5 Å². The molecule has 3 rings (SSSR count). The number of rotatable bonds is 5. The second-order valence-electron chi connectivity index (χ2n) is 5.22. The standard InChI is InChI=1S/C17H16FN3O2/c18-15-6-5-12(7-14(15)11-22)8-19-17(23)10-21-16-4-2-1-3-13(16)9-20-21/h1-7,9,22H,8,10-11H2,(H,19,23). The van der Waals surface area contributed by atoms with Gasteiger partial charge in [0.2, 0.25) is 5.91 Å². The molecule has 2 aromatic carbocycles. The molecule has 1 aromatic heterocycles. The SMILES string of the molecule is O=C(Cn1ncc2ccccc21)NCc1ccc(F)c(CO)c1. The smallest absolute Gasteiger partial charge is 0.242 e. The number of carbonyl (C=O) groups is 1. The number of carbonyl (C=O) groups excluding carboxylic acids is 1. The summed E-state index contributed by atoms with van der Waals surface area (Å²) in [5.41, 5.74) is 1.84. The Morgan fingerprint density at radius 3 is 2.91 bits per heavy atom. The van der Waals surface area contributed by atoms with E-state index in [1.54, 1.807) is 23.0 Å². The lowest BCUT2D eigenvalue weighted by atomic mass is 10.1. The highest BCUT2D eigenvalue weighted by Gasteiger charge is 2.08. The Bertz CT molecular complexity index is 845. The Balaban J connectivity index is 1.64. The molecule has 2 N–H and O–H groups in total. The minimum atomic E-state index is -0.453. The van der Waals surface area contributed by atoms with E-state index in [0.717, 1.165) is 16.5 Å². The molecule has 3 aromatic rings. The zero-order chi connectivity index (χ0) is 16.2. The maximum Gasteiger partial charge on any atom is 0.242 e. The van der Waals surface area contributed by atoms with Crippen molar-refractivity contribution in [1.82, 2.24) is 15.1 Å². The molecule has 0 aliphatic rings. The van der Waals surface area contributed by atoms with Crippen LogP contribution in [0.4, 0.5) is 4.39 Å². The van der Waals surface area contributed by atoms with Crippen LogP contribution in [0.5, 0.6) is 0 Å². The van der Waals surface area contributed by atoms with E-state index < -0.39 is 5.82 Å². The van der Waals surface area contributed by atoms with Gasteiger partial charge in [-0.3, -0.25) is 9.48 Å². The van der Waals surface area contributed by atoms with E-state index in [-0.39, 0.29) is 31.2 Å². The van der Waals surface area contributed by atoms with Gasteiger partial charge in [0.1, 0.15) is 12.4 Å². The molecular weight excluding hydrogens is 297 g/mol. The van der Waals surface area contributed by atoms with Gasteiger partial charge < -0.3 is 10.4 Å². The second kappa shape index (κ2) is 6.58. The molecule has 1 amide bonds. The predicted octanol–water partition coefficient (Wildman–Crippen LogP) is 1.98. The van der Waals surface area contributed by atoms with E-state index in [4.69, 9.17) is 5.11 Å². The molecule has 5 nitrogen and oxygen atoms in total. The van der Waals surface area contributed by atoms with Crippen molar-refractivity contribution in [2.75, 3.05) is 0 Å². The molecule has 0 aliphatic heterocycles. The molecule has 0 bridgehead atoms. The van der Waals surface area contributed by atoms with Crippen molar-refractivity contribution in [1.29, 1.82) is 0 Å². The van der Waals surface area contributed by atoms with Crippen molar-refractivity contribution >= 4 is 16.8 Å². The Hall–Kier alpha value is -2.73. The number of amides is 1. The molecule has 0 saturated carbocycles. The number of para-hydroxylation sites is 1. The molecule has 0 unspecified atom stereocenters. The molecular formula is C17H16FN3O2. The maximum absolute atomic E-state index is 13.3. The van der Waals surface area contributed by atoms with E-state index in [0.29, 0.717) is 0 Å². The van der Waals surface area contributed by atoms with E-state index in [1.165, 1.54) is 6.07 Å². The van der Waals surface area contributed by atoms with Gasteiger partial charge in [-0.05, 0) is 23.8 Å². The van der Waals surface area contributed by atoms with E-state index in [9.17, 15) is 9.18 Å². The Kier molecular flexibility index (Phi) is 4.34. The summed E-state index contributed by atoms with van der Waals surface area (Å²) in [6, 6.07) is 12.1. The van der Waals surface area contributed by atoms with Gasteiger partial charge in [0.15, 0.2) is 0 Å². The number of halogens is 1. The summed E-state index contributed by atoms with van der Waals surface area (Å²) < 4.78 is 14.9. The first-order chi connectivity index (χ1) is 11.2. The van der Waals surface area contributed by atoms with E-state index >= 15 is 0 Å². The molecule has 1 heterocycles. The van der Waals surface area contributed by atoms with Gasteiger partial charge in [0.05, 0.1) is 18.3 Å². The minimum absolute atomic E-state index is 0.113. The molecule has 6 heteroatoms. The average molecular weight is 313 g/mol. The number of fused-ring (bicyclic) bond motifs is 1. The predicted molar refractivity (Wildman–Crippen MR) is 83.9 cm³/mol. The van der Waals surface area contributed by atoms with Crippen LogP contribution in [0.2, 0.25) is 0 Å². The first kappa shape index (κ1) is 15.2. The van der Waals surface area contributed by atoms with Crippen molar-refractivity contribution in [2.24, 2.45) is 0 Å². The zero-order valence-electron chi connectivity index (χ0n) is 12.4. The van der Waals surface area contributed by atoms with Crippen LogP contribution in [0.25, 0.3) is 10.9 Å². The third-order valence-corrected chi connectivity index (χ3v) is 3.61. The number of aromatic nitrogens is 2. The van der Waals surface area contributed by atoms with Gasteiger partial charge in [-0.2, -0.15) is 5.10 Å². The maximum atomic E-state index is 13.3. The number of hydrogen-bond acceptors (Lipinski definition) is 3. The van der Waals surface area contributed by atoms with Gasteiger partial charge >= 0.3 is 0 Å². The second-order valence-corrected chi connectivity index (χ2v) is 5.22. The quantitative estimate of drug-likeness (QED) is 0.757. The monoisotopic (exact) mass is 313 g/mol.